The van der Waals surface area contributed by atoms with Gasteiger partial charge in [-0.2, -0.15) is 11.8 Å². The summed E-state index contributed by atoms with van der Waals surface area (Å²) in [7, 11) is 6.14. The lowest BCUT2D eigenvalue weighted by atomic mass is 10.4. The molecule has 1 aliphatic rings. The van der Waals surface area contributed by atoms with Crippen LogP contribution >= 0.6 is 11.8 Å². The standard InChI is InChI=1S/C12H19N2O2S.HI/c1-14(2,3)8-6-5-7-13-11(15)9-10(17-4)12(13)16;/h10H,7-9H2,1-4H3;1H/q+1;/p-1. The Morgan fingerprint density at radius 3 is 2.39 bits per heavy atom. The molecule has 1 rings (SSSR count). The van der Waals surface area contributed by atoms with E-state index in [2.05, 4.69) is 11.8 Å². The number of hydrogen-bond donors (Lipinski definition) is 0. The minimum Gasteiger partial charge on any atom is -1.00 e. The Morgan fingerprint density at radius 1 is 1.33 bits per heavy atom. The largest absolute Gasteiger partial charge is 1.00 e. The van der Waals surface area contributed by atoms with Crippen LogP contribution in [0.4, 0.5) is 0 Å². The Labute approximate surface area is 130 Å². The second-order valence-corrected chi connectivity index (χ2v) is 6.09. The molecule has 0 saturated carbocycles. The minimum absolute atomic E-state index is 0. The molecular weight excluding hydrogens is 363 g/mol. The number of carbonyl (C=O) groups excluding carboxylic acids is 2. The number of quaternary nitrogens is 1. The molecular formula is C12H19IN2O2S. The van der Waals surface area contributed by atoms with Gasteiger partial charge < -0.3 is 28.5 Å². The van der Waals surface area contributed by atoms with Crippen LogP contribution in [-0.4, -0.2) is 66.9 Å². The Balaban J connectivity index is 0.00000289. The number of likely N-dealkylation sites (tertiary alicyclic amines) is 1. The van der Waals surface area contributed by atoms with Crippen LogP contribution < -0.4 is 24.0 Å². The Morgan fingerprint density at radius 2 is 1.94 bits per heavy atom. The van der Waals surface area contributed by atoms with Crippen LogP contribution in [-0.2, 0) is 9.59 Å². The summed E-state index contributed by atoms with van der Waals surface area (Å²) in [6, 6.07) is 0. The molecule has 1 atom stereocenters. The fourth-order valence-corrected chi connectivity index (χ4v) is 2.07. The molecule has 1 unspecified atom stereocenters. The molecule has 0 aromatic carbocycles. The monoisotopic (exact) mass is 382 g/mol. The first kappa shape index (κ1) is 17.7. The van der Waals surface area contributed by atoms with Crippen LogP contribution in [0.1, 0.15) is 6.42 Å². The number of thioether (sulfide) groups is 1. The molecule has 0 aromatic heterocycles. The second kappa shape index (κ2) is 7.36. The summed E-state index contributed by atoms with van der Waals surface area (Å²) in [5.74, 6) is 5.70. The molecule has 0 aromatic rings. The van der Waals surface area contributed by atoms with Gasteiger partial charge >= 0.3 is 0 Å². The van der Waals surface area contributed by atoms with Crippen LogP contribution in [0.25, 0.3) is 0 Å². The number of hydrogen-bond acceptors (Lipinski definition) is 3. The van der Waals surface area contributed by atoms with Crippen molar-refractivity contribution in [1.29, 1.82) is 0 Å². The maximum atomic E-state index is 11.8. The first-order chi connectivity index (χ1) is 7.85. The van der Waals surface area contributed by atoms with E-state index in [0.717, 1.165) is 4.48 Å². The lowest BCUT2D eigenvalue weighted by Crippen LogP contribution is -3.00. The third-order valence-corrected chi connectivity index (χ3v) is 3.34. The van der Waals surface area contributed by atoms with Gasteiger partial charge in [0.1, 0.15) is 6.54 Å². The average Bonchev–Trinajstić information content (AvgIpc) is 2.48. The maximum Gasteiger partial charge on any atom is 0.243 e. The number of halogens is 1. The zero-order valence-corrected chi connectivity index (χ0v) is 14.2. The van der Waals surface area contributed by atoms with Crippen molar-refractivity contribution in [2.45, 2.75) is 11.7 Å². The van der Waals surface area contributed by atoms with E-state index in [1.807, 2.05) is 27.4 Å². The van der Waals surface area contributed by atoms with Crippen molar-refractivity contribution in [3.63, 3.8) is 0 Å². The van der Waals surface area contributed by atoms with Crippen LogP contribution in [0.2, 0.25) is 0 Å². The summed E-state index contributed by atoms with van der Waals surface area (Å²) >= 11 is 1.43. The molecule has 1 saturated heterocycles. The highest BCUT2D eigenvalue weighted by Crippen LogP contribution is 2.22. The molecule has 0 spiro atoms. The fourth-order valence-electron chi connectivity index (χ4n) is 1.43. The van der Waals surface area contributed by atoms with Crippen molar-refractivity contribution in [2.75, 3.05) is 40.5 Å². The summed E-state index contributed by atoms with van der Waals surface area (Å²) in [4.78, 5) is 24.6. The highest BCUT2D eigenvalue weighted by atomic mass is 127. The smallest absolute Gasteiger partial charge is 0.243 e. The van der Waals surface area contributed by atoms with Gasteiger partial charge in [-0.05, 0) is 12.2 Å². The number of rotatable bonds is 3. The number of nitrogens with zero attached hydrogens (tertiary/aromatic N) is 2. The van der Waals surface area contributed by atoms with Crippen molar-refractivity contribution < 1.29 is 38.0 Å². The predicted octanol–water partition coefficient (Wildman–Crippen LogP) is -2.81. The molecule has 1 aliphatic heterocycles. The lowest BCUT2D eigenvalue weighted by Gasteiger charge is -2.20. The first-order valence-electron chi connectivity index (χ1n) is 5.48. The third kappa shape index (κ3) is 5.16. The quantitative estimate of drug-likeness (QED) is 0.229. The van der Waals surface area contributed by atoms with Gasteiger partial charge in [0.15, 0.2) is 0 Å². The molecule has 0 radical (unpaired) electrons. The van der Waals surface area contributed by atoms with Gasteiger partial charge in [0.05, 0.1) is 32.9 Å². The minimum atomic E-state index is -0.206. The molecule has 6 heteroatoms. The molecule has 1 heterocycles. The summed E-state index contributed by atoms with van der Waals surface area (Å²) in [6.07, 6.45) is 2.17. The topological polar surface area (TPSA) is 37.4 Å². The van der Waals surface area contributed by atoms with Crippen LogP contribution in [0.3, 0.4) is 0 Å². The average molecular weight is 382 g/mol. The predicted molar refractivity (Wildman–Crippen MR) is 69.3 cm³/mol. The normalized spacial score (nSPS) is 19.3. The zero-order chi connectivity index (χ0) is 13.1. The van der Waals surface area contributed by atoms with Gasteiger partial charge in [0.25, 0.3) is 0 Å². The van der Waals surface area contributed by atoms with Crippen molar-refractivity contribution in [1.82, 2.24) is 4.90 Å². The van der Waals surface area contributed by atoms with E-state index >= 15 is 0 Å². The van der Waals surface area contributed by atoms with Crippen LogP contribution in [0, 0.1) is 11.8 Å². The molecule has 2 amide bonds. The van der Waals surface area contributed by atoms with Gasteiger partial charge in [-0.3, -0.25) is 14.5 Å². The van der Waals surface area contributed by atoms with E-state index in [0.29, 0.717) is 13.0 Å². The Kier molecular flexibility index (Phi) is 7.25. The first-order valence-corrected chi connectivity index (χ1v) is 6.77. The van der Waals surface area contributed by atoms with E-state index < -0.39 is 0 Å². The SMILES string of the molecule is CSC1CC(=O)N(CC#CC[N+](C)(C)C)C1=O.[I-]. The van der Waals surface area contributed by atoms with Crippen LogP contribution in [0.5, 0.6) is 0 Å². The van der Waals surface area contributed by atoms with E-state index in [1.54, 1.807) is 0 Å². The maximum absolute atomic E-state index is 11.8. The molecule has 0 bridgehead atoms. The molecule has 4 nitrogen and oxygen atoms in total. The highest BCUT2D eigenvalue weighted by Gasteiger charge is 2.37. The van der Waals surface area contributed by atoms with Crippen molar-refractivity contribution in [3.05, 3.63) is 0 Å². The number of imide groups is 1. The number of carbonyl (C=O) groups is 2. The fraction of sp³-hybridized carbons (Fsp3) is 0.667. The van der Waals surface area contributed by atoms with Gasteiger partial charge in [-0.1, -0.05) is 5.92 Å². The van der Waals surface area contributed by atoms with E-state index in [-0.39, 0.29) is 47.6 Å². The van der Waals surface area contributed by atoms with Crippen molar-refractivity contribution >= 4 is 23.6 Å². The second-order valence-electron chi connectivity index (χ2n) is 5.05. The van der Waals surface area contributed by atoms with Gasteiger partial charge in [0, 0.05) is 6.42 Å². The third-order valence-electron chi connectivity index (χ3n) is 2.40. The van der Waals surface area contributed by atoms with Crippen molar-refractivity contribution in [3.8, 4) is 11.8 Å². The zero-order valence-electron chi connectivity index (χ0n) is 11.2. The van der Waals surface area contributed by atoms with Crippen LogP contribution in [0.15, 0.2) is 0 Å². The molecule has 18 heavy (non-hydrogen) atoms. The van der Waals surface area contributed by atoms with Gasteiger partial charge in [-0.25, -0.2) is 0 Å². The van der Waals surface area contributed by atoms with E-state index in [4.69, 9.17) is 0 Å². The Hall–Kier alpha value is -0.260. The summed E-state index contributed by atoms with van der Waals surface area (Å²) in [5.41, 5.74) is 0. The lowest BCUT2D eigenvalue weighted by molar-refractivity contribution is -0.862. The van der Waals surface area contributed by atoms with Crippen molar-refractivity contribution in [2.24, 2.45) is 0 Å². The van der Waals surface area contributed by atoms with E-state index in [9.17, 15) is 9.59 Å². The number of amides is 2. The summed E-state index contributed by atoms with van der Waals surface area (Å²) in [5, 5.41) is -0.206. The van der Waals surface area contributed by atoms with Gasteiger partial charge in [-0.15, -0.1) is 0 Å². The molecule has 0 N–H and O–H groups in total. The molecule has 0 aliphatic carbocycles. The highest BCUT2D eigenvalue weighted by molar-refractivity contribution is 8.00. The molecule has 1 fully saturated rings. The van der Waals surface area contributed by atoms with E-state index in [1.165, 1.54) is 16.7 Å². The Bertz CT molecular complexity index is 382. The summed E-state index contributed by atoms with van der Waals surface area (Å²) < 4.78 is 0.752. The van der Waals surface area contributed by atoms with Gasteiger partial charge in [0.2, 0.25) is 11.8 Å². The molecule has 102 valence electrons. The summed E-state index contributed by atoms with van der Waals surface area (Å²) in [6.45, 7) is 0.941.